The van der Waals surface area contributed by atoms with Crippen LogP contribution in [0.3, 0.4) is 0 Å². The van der Waals surface area contributed by atoms with Crippen molar-refractivity contribution in [1.82, 2.24) is 9.78 Å². The van der Waals surface area contributed by atoms with Gasteiger partial charge in [0.15, 0.2) is 0 Å². The van der Waals surface area contributed by atoms with Crippen molar-refractivity contribution in [3.05, 3.63) is 76.5 Å². The summed E-state index contributed by atoms with van der Waals surface area (Å²) in [6.07, 6.45) is 1.66. The van der Waals surface area contributed by atoms with Gasteiger partial charge in [-0.15, -0.1) is 0 Å². The molecule has 2 aromatic carbocycles. The van der Waals surface area contributed by atoms with Gasteiger partial charge in [-0.2, -0.15) is 5.10 Å². The van der Waals surface area contributed by atoms with E-state index in [1.165, 1.54) is 12.1 Å². The summed E-state index contributed by atoms with van der Waals surface area (Å²) in [6.45, 7) is 3.47. The maximum absolute atomic E-state index is 10.8. The number of non-ortho nitro benzene ring substituents is 1. The molecular formula is C18H17N3O3. The predicted octanol–water partition coefficient (Wildman–Crippen LogP) is 3.67. The molecule has 6 heteroatoms. The highest BCUT2D eigenvalue weighted by molar-refractivity contribution is 5.67. The Labute approximate surface area is 139 Å². The molecule has 0 aliphatic carbocycles. The second-order valence-electron chi connectivity index (χ2n) is 6.01. The van der Waals surface area contributed by atoms with Crippen molar-refractivity contribution in [2.24, 2.45) is 0 Å². The van der Waals surface area contributed by atoms with Gasteiger partial charge in [0.1, 0.15) is 0 Å². The van der Waals surface area contributed by atoms with E-state index in [-0.39, 0.29) is 5.69 Å². The highest BCUT2D eigenvalue weighted by Crippen LogP contribution is 2.32. The number of aromatic nitrogens is 2. The van der Waals surface area contributed by atoms with Crippen LogP contribution >= 0.6 is 0 Å². The average molecular weight is 323 g/mol. The molecule has 1 heterocycles. The van der Waals surface area contributed by atoms with Gasteiger partial charge in [-0.1, -0.05) is 24.3 Å². The largest absolute Gasteiger partial charge is 0.386 e. The summed E-state index contributed by atoms with van der Waals surface area (Å²) < 4.78 is 1.70. The van der Waals surface area contributed by atoms with Gasteiger partial charge in [-0.25, -0.2) is 4.68 Å². The number of aliphatic hydroxyl groups is 1. The molecule has 1 N–H and O–H groups in total. The van der Waals surface area contributed by atoms with E-state index < -0.39 is 10.5 Å². The third-order valence-corrected chi connectivity index (χ3v) is 3.81. The number of benzene rings is 2. The molecule has 1 aromatic heterocycles. The molecule has 0 aliphatic rings. The molecule has 0 aliphatic heterocycles. The molecule has 122 valence electrons. The van der Waals surface area contributed by atoms with E-state index in [1.54, 1.807) is 36.9 Å². The second kappa shape index (κ2) is 5.90. The zero-order chi connectivity index (χ0) is 17.3. The zero-order valence-corrected chi connectivity index (χ0v) is 13.4. The molecule has 0 radical (unpaired) electrons. The quantitative estimate of drug-likeness (QED) is 0.586. The first-order valence-corrected chi connectivity index (χ1v) is 7.49. The van der Waals surface area contributed by atoms with Crippen LogP contribution in [-0.4, -0.2) is 19.8 Å². The molecular weight excluding hydrogens is 306 g/mol. The lowest BCUT2D eigenvalue weighted by atomic mass is 9.91. The van der Waals surface area contributed by atoms with Gasteiger partial charge in [0.25, 0.3) is 5.69 Å². The van der Waals surface area contributed by atoms with Gasteiger partial charge in [-0.05, 0) is 37.6 Å². The van der Waals surface area contributed by atoms with Crippen LogP contribution in [0.15, 0.2) is 60.8 Å². The monoisotopic (exact) mass is 323 g/mol. The number of rotatable bonds is 4. The fourth-order valence-electron chi connectivity index (χ4n) is 2.67. The van der Waals surface area contributed by atoms with Crippen molar-refractivity contribution in [2.45, 2.75) is 19.4 Å². The van der Waals surface area contributed by atoms with Crippen LogP contribution in [0.5, 0.6) is 0 Å². The van der Waals surface area contributed by atoms with Crippen molar-refractivity contribution in [2.75, 3.05) is 0 Å². The van der Waals surface area contributed by atoms with E-state index in [0.717, 1.165) is 16.8 Å². The molecule has 0 atom stereocenters. The Balaban J connectivity index is 2.11. The van der Waals surface area contributed by atoms with Gasteiger partial charge < -0.3 is 5.11 Å². The lowest BCUT2D eigenvalue weighted by molar-refractivity contribution is -0.384. The SMILES string of the molecule is CC(C)(O)c1ccccc1-c1ccnn1-c1ccc([N+](=O)[O-])cc1. The van der Waals surface area contributed by atoms with E-state index in [0.29, 0.717) is 5.69 Å². The van der Waals surface area contributed by atoms with Crippen LogP contribution in [0.25, 0.3) is 16.9 Å². The first-order chi connectivity index (χ1) is 11.4. The normalized spacial score (nSPS) is 11.5. The molecule has 6 nitrogen and oxygen atoms in total. The molecule has 24 heavy (non-hydrogen) atoms. The van der Waals surface area contributed by atoms with Gasteiger partial charge >= 0.3 is 0 Å². The summed E-state index contributed by atoms with van der Waals surface area (Å²) in [5.74, 6) is 0. The minimum Gasteiger partial charge on any atom is -0.386 e. The molecule has 0 amide bonds. The molecule has 0 saturated heterocycles. The summed E-state index contributed by atoms with van der Waals surface area (Å²) in [4.78, 5) is 10.4. The summed E-state index contributed by atoms with van der Waals surface area (Å²) in [7, 11) is 0. The topological polar surface area (TPSA) is 81.2 Å². The lowest BCUT2D eigenvalue weighted by Gasteiger charge is -2.22. The van der Waals surface area contributed by atoms with Crippen LogP contribution in [0.1, 0.15) is 19.4 Å². The molecule has 0 saturated carbocycles. The van der Waals surface area contributed by atoms with Gasteiger partial charge in [-0.3, -0.25) is 10.1 Å². The Morgan fingerprint density at radius 3 is 2.38 bits per heavy atom. The number of nitro benzene ring substituents is 1. The lowest BCUT2D eigenvalue weighted by Crippen LogP contribution is -2.17. The summed E-state index contributed by atoms with van der Waals surface area (Å²) in [5.41, 5.74) is 2.20. The Morgan fingerprint density at radius 1 is 1.08 bits per heavy atom. The van der Waals surface area contributed by atoms with Crippen LogP contribution in [0, 0.1) is 10.1 Å². The number of nitro groups is 1. The molecule has 0 bridgehead atoms. The molecule has 0 spiro atoms. The minimum atomic E-state index is -0.999. The Bertz CT molecular complexity index is 877. The number of hydrogen-bond acceptors (Lipinski definition) is 4. The van der Waals surface area contributed by atoms with E-state index in [4.69, 9.17) is 0 Å². The van der Waals surface area contributed by atoms with Crippen LogP contribution in [0.4, 0.5) is 5.69 Å². The Kier molecular flexibility index (Phi) is 3.91. The number of nitrogens with zero attached hydrogens (tertiary/aromatic N) is 3. The molecule has 3 rings (SSSR count). The Hall–Kier alpha value is -2.99. The third-order valence-electron chi connectivity index (χ3n) is 3.81. The van der Waals surface area contributed by atoms with Crippen molar-refractivity contribution < 1.29 is 10.0 Å². The molecule has 0 fully saturated rings. The second-order valence-corrected chi connectivity index (χ2v) is 6.01. The fourth-order valence-corrected chi connectivity index (χ4v) is 2.67. The Morgan fingerprint density at radius 2 is 1.75 bits per heavy atom. The van der Waals surface area contributed by atoms with Crippen LogP contribution in [0.2, 0.25) is 0 Å². The highest BCUT2D eigenvalue weighted by Gasteiger charge is 2.22. The summed E-state index contributed by atoms with van der Waals surface area (Å²) >= 11 is 0. The molecule has 3 aromatic rings. The molecule has 0 unspecified atom stereocenters. The maximum atomic E-state index is 10.8. The highest BCUT2D eigenvalue weighted by atomic mass is 16.6. The maximum Gasteiger partial charge on any atom is 0.269 e. The van der Waals surface area contributed by atoms with E-state index in [1.807, 2.05) is 30.3 Å². The first-order valence-electron chi connectivity index (χ1n) is 7.49. The van der Waals surface area contributed by atoms with E-state index in [9.17, 15) is 15.2 Å². The summed E-state index contributed by atoms with van der Waals surface area (Å²) in [5, 5.41) is 25.5. The standard InChI is InChI=1S/C18H17N3O3/c1-18(2,22)16-6-4-3-5-15(16)17-11-12-19-20(17)13-7-9-14(10-8-13)21(23)24/h3-12,22H,1-2H3. The van der Waals surface area contributed by atoms with Crippen molar-refractivity contribution in [1.29, 1.82) is 0 Å². The van der Waals surface area contributed by atoms with E-state index >= 15 is 0 Å². The van der Waals surface area contributed by atoms with Crippen LogP contribution < -0.4 is 0 Å². The third kappa shape index (κ3) is 2.91. The van der Waals surface area contributed by atoms with Gasteiger partial charge in [0.05, 0.1) is 28.1 Å². The first kappa shape index (κ1) is 15.9. The van der Waals surface area contributed by atoms with Crippen molar-refractivity contribution in [3.8, 4) is 16.9 Å². The fraction of sp³-hybridized carbons (Fsp3) is 0.167. The van der Waals surface area contributed by atoms with Gasteiger partial charge in [0.2, 0.25) is 0 Å². The predicted molar refractivity (Wildman–Crippen MR) is 90.9 cm³/mol. The van der Waals surface area contributed by atoms with Gasteiger partial charge in [0, 0.05) is 17.7 Å². The van der Waals surface area contributed by atoms with Crippen LogP contribution in [-0.2, 0) is 5.60 Å². The summed E-state index contributed by atoms with van der Waals surface area (Å²) in [6, 6.07) is 15.6. The number of hydrogen-bond donors (Lipinski definition) is 1. The van der Waals surface area contributed by atoms with Crippen molar-refractivity contribution in [3.63, 3.8) is 0 Å². The van der Waals surface area contributed by atoms with E-state index in [2.05, 4.69) is 5.10 Å². The minimum absolute atomic E-state index is 0.0318. The smallest absolute Gasteiger partial charge is 0.269 e. The zero-order valence-electron chi connectivity index (χ0n) is 13.4. The van der Waals surface area contributed by atoms with Crippen molar-refractivity contribution >= 4 is 5.69 Å². The average Bonchev–Trinajstić information content (AvgIpc) is 3.03.